The van der Waals surface area contributed by atoms with E-state index >= 15 is 0 Å². The monoisotopic (exact) mass is 552 g/mol. The van der Waals surface area contributed by atoms with Crippen LogP contribution in [0, 0.1) is 11.2 Å². The maximum atomic E-state index is 14.6. The van der Waals surface area contributed by atoms with Crippen molar-refractivity contribution in [2.45, 2.75) is 6.23 Å². The molecular formula is C22H23Cl2FN8O2S. The maximum absolute atomic E-state index is 14.6. The van der Waals surface area contributed by atoms with Crippen LogP contribution in [0.1, 0.15) is 22.9 Å². The lowest BCUT2D eigenvalue weighted by Gasteiger charge is -2.33. The van der Waals surface area contributed by atoms with Gasteiger partial charge in [0.25, 0.3) is 0 Å². The number of hydrogen-bond acceptors (Lipinski definition) is 9. The van der Waals surface area contributed by atoms with Crippen molar-refractivity contribution in [1.82, 2.24) is 19.5 Å². The molecule has 0 radical (unpaired) electrons. The van der Waals surface area contributed by atoms with Crippen molar-refractivity contribution in [2.75, 3.05) is 43.1 Å². The van der Waals surface area contributed by atoms with Gasteiger partial charge >= 0.3 is 0 Å². The lowest BCUT2D eigenvalue weighted by molar-refractivity contribution is 0.204. The average molecular weight is 553 g/mol. The number of rotatable bonds is 7. The Hall–Kier alpha value is -2.90. The zero-order valence-corrected chi connectivity index (χ0v) is 21.4. The predicted molar refractivity (Wildman–Crippen MR) is 138 cm³/mol. The van der Waals surface area contributed by atoms with Crippen LogP contribution in [0.15, 0.2) is 36.7 Å². The standard InChI is InChI=1S/C22H23Cl2FN8O2S/c1-36(34)33-6-4-32(5-7-33)18-3-2-12(10-29-18)20(27)13-8-17(15(25)9-16(13)26)35-22(28)19-14(23)11-30-31-21(19)24/h2-3,8-11,22,27H,4-7,26,28H2,1H3/t22-,36?/m0/s1. The topological polar surface area (TPSA) is 147 Å². The average Bonchev–Trinajstić information content (AvgIpc) is 2.85. The number of pyridine rings is 1. The van der Waals surface area contributed by atoms with Gasteiger partial charge in [-0.05, 0) is 18.2 Å². The molecule has 0 bridgehead atoms. The van der Waals surface area contributed by atoms with Gasteiger partial charge in [0.2, 0.25) is 0 Å². The van der Waals surface area contributed by atoms with E-state index in [0.717, 1.165) is 11.9 Å². The predicted octanol–water partition coefficient (Wildman–Crippen LogP) is 2.77. The van der Waals surface area contributed by atoms with Crippen molar-refractivity contribution in [1.29, 1.82) is 5.41 Å². The molecule has 1 fully saturated rings. The fraction of sp³-hybridized carbons (Fsp3) is 0.273. The number of nitrogen functional groups attached to an aromatic ring is 1. The van der Waals surface area contributed by atoms with E-state index in [1.54, 1.807) is 24.6 Å². The molecule has 5 N–H and O–H groups in total. The van der Waals surface area contributed by atoms with Crippen LogP contribution in [0.4, 0.5) is 15.9 Å². The van der Waals surface area contributed by atoms with E-state index < -0.39 is 23.0 Å². The van der Waals surface area contributed by atoms with Crippen LogP contribution in [0.5, 0.6) is 5.75 Å². The number of anilines is 2. The van der Waals surface area contributed by atoms with Crippen LogP contribution in [-0.4, -0.2) is 61.8 Å². The molecule has 1 aliphatic heterocycles. The SMILES string of the molecule is CS(=O)N1CCN(c2ccc(C(=N)c3cc(O[C@H](N)c4c(Cl)cnnc4Cl)c(F)cc3N)cn2)CC1. The van der Waals surface area contributed by atoms with Gasteiger partial charge in [-0.2, -0.15) is 5.10 Å². The molecule has 3 heterocycles. The lowest BCUT2D eigenvalue weighted by atomic mass is 10.0. The van der Waals surface area contributed by atoms with E-state index in [1.807, 2.05) is 4.31 Å². The van der Waals surface area contributed by atoms with Crippen LogP contribution >= 0.6 is 23.2 Å². The zero-order valence-electron chi connectivity index (χ0n) is 19.1. The maximum Gasteiger partial charge on any atom is 0.178 e. The summed E-state index contributed by atoms with van der Waals surface area (Å²) in [4.78, 5) is 6.56. The molecular weight excluding hydrogens is 530 g/mol. The second-order valence-electron chi connectivity index (χ2n) is 7.93. The highest BCUT2D eigenvalue weighted by Gasteiger charge is 2.22. The van der Waals surface area contributed by atoms with Crippen molar-refractivity contribution in [3.63, 3.8) is 0 Å². The molecule has 2 aromatic heterocycles. The highest BCUT2D eigenvalue weighted by atomic mass is 35.5. The molecule has 10 nitrogen and oxygen atoms in total. The third-order valence-electron chi connectivity index (χ3n) is 5.67. The second kappa shape index (κ2) is 11.0. The third kappa shape index (κ3) is 5.57. The van der Waals surface area contributed by atoms with Gasteiger partial charge in [-0.15, -0.1) is 5.10 Å². The molecule has 0 aliphatic carbocycles. The minimum atomic E-state index is -1.24. The van der Waals surface area contributed by atoms with Crippen molar-refractivity contribution in [3.8, 4) is 5.75 Å². The van der Waals surface area contributed by atoms with Crippen molar-refractivity contribution >= 4 is 51.4 Å². The highest BCUT2D eigenvalue weighted by Crippen LogP contribution is 2.32. The minimum Gasteiger partial charge on any atom is -0.468 e. The Bertz CT molecular complexity index is 1290. The van der Waals surface area contributed by atoms with E-state index in [1.165, 1.54) is 12.3 Å². The van der Waals surface area contributed by atoms with Crippen LogP contribution in [-0.2, 0) is 11.0 Å². The Kier molecular flexibility index (Phi) is 8.00. The molecule has 0 saturated carbocycles. The van der Waals surface area contributed by atoms with Crippen LogP contribution in [0.25, 0.3) is 0 Å². The number of nitrogens with two attached hydrogens (primary N) is 2. The molecule has 0 spiro atoms. The van der Waals surface area contributed by atoms with Gasteiger partial charge < -0.3 is 15.4 Å². The Balaban J connectivity index is 1.53. The first-order valence-corrected chi connectivity index (χ1v) is 13.0. The summed E-state index contributed by atoms with van der Waals surface area (Å²) in [6.45, 7) is 2.73. The molecule has 1 unspecified atom stereocenters. The molecule has 0 amide bonds. The number of aromatic nitrogens is 3. The fourth-order valence-corrected chi connectivity index (χ4v) is 4.95. The highest BCUT2D eigenvalue weighted by molar-refractivity contribution is 7.81. The summed E-state index contributed by atoms with van der Waals surface area (Å²) < 4.78 is 33.8. The zero-order chi connectivity index (χ0) is 26.0. The van der Waals surface area contributed by atoms with Crippen LogP contribution in [0.3, 0.4) is 0 Å². The Morgan fingerprint density at radius 3 is 2.56 bits per heavy atom. The van der Waals surface area contributed by atoms with E-state index in [9.17, 15) is 8.60 Å². The molecule has 1 aliphatic rings. The number of halogens is 3. The molecule has 2 atom stereocenters. The summed E-state index contributed by atoms with van der Waals surface area (Å²) in [5.41, 5.74) is 13.0. The van der Waals surface area contributed by atoms with Crippen LogP contribution < -0.4 is 21.1 Å². The summed E-state index contributed by atoms with van der Waals surface area (Å²) in [6.07, 6.45) is 3.22. The molecule has 4 rings (SSSR count). The largest absolute Gasteiger partial charge is 0.468 e. The van der Waals surface area contributed by atoms with Crippen LogP contribution in [0.2, 0.25) is 10.2 Å². The molecule has 36 heavy (non-hydrogen) atoms. The number of ether oxygens (including phenoxy) is 1. The number of nitrogens with zero attached hydrogens (tertiary/aromatic N) is 5. The van der Waals surface area contributed by atoms with Gasteiger partial charge in [-0.3, -0.25) is 11.1 Å². The molecule has 3 aromatic rings. The molecule has 1 aromatic carbocycles. The van der Waals surface area contributed by atoms with E-state index in [4.69, 9.17) is 44.8 Å². The first-order valence-electron chi connectivity index (χ1n) is 10.7. The minimum absolute atomic E-state index is 0.0258. The fourth-order valence-electron chi connectivity index (χ4n) is 3.73. The smallest absolute Gasteiger partial charge is 0.178 e. The van der Waals surface area contributed by atoms with Crippen molar-refractivity contribution < 1.29 is 13.3 Å². The van der Waals surface area contributed by atoms with Gasteiger partial charge in [0, 0.05) is 61.5 Å². The second-order valence-corrected chi connectivity index (χ2v) is 10.1. The third-order valence-corrected chi connectivity index (χ3v) is 7.34. The number of benzene rings is 1. The Labute approximate surface area is 219 Å². The lowest BCUT2D eigenvalue weighted by Crippen LogP contribution is -2.47. The summed E-state index contributed by atoms with van der Waals surface area (Å²) in [6, 6.07) is 5.89. The Morgan fingerprint density at radius 2 is 1.94 bits per heavy atom. The summed E-state index contributed by atoms with van der Waals surface area (Å²) in [5, 5.41) is 16.0. The molecule has 190 valence electrons. The van der Waals surface area contributed by atoms with Gasteiger partial charge in [0.05, 0.1) is 33.5 Å². The van der Waals surface area contributed by atoms with Gasteiger partial charge in [0.15, 0.2) is 22.9 Å². The van der Waals surface area contributed by atoms with Gasteiger partial charge in [-0.25, -0.2) is 17.9 Å². The van der Waals surface area contributed by atoms with E-state index in [0.29, 0.717) is 31.7 Å². The summed E-state index contributed by atoms with van der Waals surface area (Å²) in [7, 11) is -0.995. The summed E-state index contributed by atoms with van der Waals surface area (Å²) in [5.74, 6) is -0.264. The van der Waals surface area contributed by atoms with E-state index in [2.05, 4.69) is 20.1 Å². The number of nitrogens with one attached hydrogen (secondary N) is 1. The normalized spacial score (nSPS) is 16.0. The van der Waals surface area contributed by atoms with Crippen molar-refractivity contribution in [2.24, 2.45) is 5.73 Å². The molecule has 14 heteroatoms. The van der Waals surface area contributed by atoms with Crippen molar-refractivity contribution in [3.05, 3.63) is 69.3 Å². The van der Waals surface area contributed by atoms with E-state index in [-0.39, 0.29) is 38.5 Å². The van der Waals surface area contributed by atoms with Gasteiger partial charge in [0.1, 0.15) is 5.82 Å². The quantitative estimate of drug-likeness (QED) is 0.230. The first kappa shape index (κ1) is 26.2. The molecule has 1 saturated heterocycles. The van der Waals surface area contributed by atoms with Gasteiger partial charge in [-0.1, -0.05) is 23.2 Å². The summed E-state index contributed by atoms with van der Waals surface area (Å²) >= 11 is 12.1. The number of hydrogen-bond donors (Lipinski definition) is 3. The Morgan fingerprint density at radius 1 is 1.22 bits per heavy atom. The number of piperazine rings is 1. The first-order chi connectivity index (χ1) is 17.2.